The van der Waals surface area contributed by atoms with Gasteiger partial charge in [-0.05, 0) is 42.2 Å². The van der Waals surface area contributed by atoms with Crippen LogP contribution in [0.1, 0.15) is 30.9 Å². The van der Waals surface area contributed by atoms with Crippen molar-refractivity contribution in [2.45, 2.75) is 26.2 Å². The first kappa shape index (κ1) is 16.2. The van der Waals surface area contributed by atoms with Gasteiger partial charge < -0.3 is 14.6 Å². The van der Waals surface area contributed by atoms with E-state index in [4.69, 9.17) is 14.6 Å². The van der Waals surface area contributed by atoms with Crippen LogP contribution >= 0.6 is 0 Å². The Morgan fingerprint density at radius 2 is 2.20 bits per heavy atom. The van der Waals surface area contributed by atoms with Crippen molar-refractivity contribution in [2.24, 2.45) is 0 Å². The minimum atomic E-state index is -0.351. The normalized spacial score (nSPS) is 10.8. The Labute approximate surface area is 120 Å². The summed E-state index contributed by atoms with van der Waals surface area (Å²) in [6, 6.07) is 5.56. The van der Waals surface area contributed by atoms with E-state index in [0.717, 1.165) is 24.0 Å². The van der Waals surface area contributed by atoms with Gasteiger partial charge in [-0.1, -0.05) is 19.4 Å². The Bertz CT molecular complexity index is 452. The second-order valence-corrected chi connectivity index (χ2v) is 4.39. The highest BCUT2D eigenvalue weighted by atomic mass is 16.5. The number of methoxy groups -OCH3 is 1. The van der Waals surface area contributed by atoms with E-state index >= 15 is 0 Å². The van der Waals surface area contributed by atoms with Crippen molar-refractivity contribution in [3.05, 3.63) is 35.4 Å². The van der Waals surface area contributed by atoms with Crippen LogP contribution < -0.4 is 4.74 Å². The van der Waals surface area contributed by atoms with Gasteiger partial charge in [0.25, 0.3) is 0 Å². The van der Waals surface area contributed by atoms with E-state index in [0.29, 0.717) is 18.8 Å². The van der Waals surface area contributed by atoms with E-state index in [9.17, 15) is 4.79 Å². The lowest BCUT2D eigenvalue weighted by atomic mass is 10.0. The molecule has 110 valence electrons. The van der Waals surface area contributed by atoms with Crippen LogP contribution in [0.4, 0.5) is 0 Å². The SMILES string of the molecule is CCCCOC(=O)/C=C/c1cc(OC)ccc1CCO. The van der Waals surface area contributed by atoms with Crippen LogP contribution in [0.15, 0.2) is 24.3 Å². The summed E-state index contributed by atoms with van der Waals surface area (Å²) in [4.78, 5) is 11.5. The first-order valence-corrected chi connectivity index (χ1v) is 6.83. The summed E-state index contributed by atoms with van der Waals surface area (Å²) in [6.07, 6.45) is 5.50. The van der Waals surface area contributed by atoms with Gasteiger partial charge in [0.05, 0.1) is 13.7 Å². The fourth-order valence-electron chi connectivity index (χ4n) is 1.73. The maximum Gasteiger partial charge on any atom is 0.330 e. The van der Waals surface area contributed by atoms with Crippen molar-refractivity contribution < 1.29 is 19.4 Å². The second-order valence-electron chi connectivity index (χ2n) is 4.39. The second kappa shape index (κ2) is 9.15. The number of rotatable bonds is 8. The zero-order valence-corrected chi connectivity index (χ0v) is 12.1. The number of aliphatic hydroxyl groups excluding tert-OH is 1. The zero-order valence-electron chi connectivity index (χ0n) is 12.1. The summed E-state index contributed by atoms with van der Waals surface area (Å²) >= 11 is 0. The fourth-order valence-corrected chi connectivity index (χ4v) is 1.73. The van der Waals surface area contributed by atoms with Gasteiger partial charge in [0.15, 0.2) is 0 Å². The average Bonchev–Trinajstić information content (AvgIpc) is 2.46. The Balaban J connectivity index is 2.75. The maximum atomic E-state index is 11.5. The Hall–Kier alpha value is -1.81. The number of hydrogen-bond acceptors (Lipinski definition) is 4. The molecule has 0 aliphatic carbocycles. The lowest BCUT2D eigenvalue weighted by Crippen LogP contribution is -2.02. The third kappa shape index (κ3) is 5.45. The van der Waals surface area contributed by atoms with E-state index in [-0.39, 0.29) is 12.6 Å². The number of hydrogen-bond donors (Lipinski definition) is 1. The minimum Gasteiger partial charge on any atom is -0.497 e. The number of carbonyl (C=O) groups excluding carboxylic acids is 1. The number of ether oxygens (including phenoxy) is 2. The Morgan fingerprint density at radius 3 is 2.85 bits per heavy atom. The standard InChI is InChI=1S/C16H22O4/c1-3-4-11-20-16(18)8-6-14-12-15(19-2)7-5-13(14)9-10-17/h5-8,12,17H,3-4,9-11H2,1-2H3/b8-6+. The van der Waals surface area contributed by atoms with Crippen LogP contribution in [0.2, 0.25) is 0 Å². The van der Waals surface area contributed by atoms with Gasteiger partial charge in [-0.15, -0.1) is 0 Å². The van der Waals surface area contributed by atoms with Gasteiger partial charge in [0.1, 0.15) is 5.75 Å². The van der Waals surface area contributed by atoms with Crippen LogP contribution in [0.3, 0.4) is 0 Å². The van der Waals surface area contributed by atoms with Gasteiger partial charge >= 0.3 is 5.97 Å². The van der Waals surface area contributed by atoms with E-state index in [1.807, 2.05) is 25.1 Å². The third-order valence-corrected chi connectivity index (χ3v) is 2.88. The molecule has 0 bridgehead atoms. The molecule has 1 aromatic carbocycles. The molecule has 0 fully saturated rings. The quantitative estimate of drug-likeness (QED) is 0.451. The zero-order chi connectivity index (χ0) is 14.8. The van der Waals surface area contributed by atoms with E-state index in [2.05, 4.69) is 0 Å². The molecule has 1 aromatic rings. The number of benzene rings is 1. The molecule has 0 aliphatic heterocycles. The molecular weight excluding hydrogens is 256 g/mol. The molecule has 0 unspecified atom stereocenters. The molecule has 20 heavy (non-hydrogen) atoms. The van der Waals surface area contributed by atoms with Crippen molar-refractivity contribution >= 4 is 12.0 Å². The van der Waals surface area contributed by atoms with E-state index in [1.165, 1.54) is 6.08 Å². The number of aliphatic hydroxyl groups is 1. The predicted molar refractivity (Wildman–Crippen MR) is 78.7 cm³/mol. The van der Waals surface area contributed by atoms with Crippen molar-refractivity contribution in [1.29, 1.82) is 0 Å². The van der Waals surface area contributed by atoms with Gasteiger partial charge in [0.2, 0.25) is 0 Å². The van der Waals surface area contributed by atoms with Gasteiger partial charge in [-0.2, -0.15) is 0 Å². The van der Waals surface area contributed by atoms with E-state index < -0.39 is 0 Å². The largest absolute Gasteiger partial charge is 0.497 e. The summed E-state index contributed by atoms with van der Waals surface area (Å²) in [5.41, 5.74) is 1.82. The van der Waals surface area contributed by atoms with Crippen molar-refractivity contribution in [3.8, 4) is 5.75 Å². The van der Waals surface area contributed by atoms with Crippen LogP contribution in [-0.4, -0.2) is 31.4 Å². The monoisotopic (exact) mass is 278 g/mol. The third-order valence-electron chi connectivity index (χ3n) is 2.88. The molecule has 0 spiro atoms. The fraction of sp³-hybridized carbons (Fsp3) is 0.438. The summed E-state index contributed by atoms with van der Waals surface area (Å²) in [7, 11) is 1.59. The molecule has 1 N–H and O–H groups in total. The lowest BCUT2D eigenvalue weighted by molar-refractivity contribution is -0.137. The summed E-state index contributed by atoms with van der Waals surface area (Å²) in [6.45, 7) is 2.55. The first-order valence-electron chi connectivity index (χ1n) is 6.83. The Morgan fingerprint density at radius 1 is 1.40 bits per heavy atom. The van der Waals surface area contributed by atoms with Gasteiger partial charge in [-0.25, -0.2) is 4.79 Å². The Kier molecular flexibility index (Phi) is 7.43. The minimum absolute atomic E-state index is 0.0636. The van der Waals surface area contributed by atoms with E-state index in [1.54, 1.807) is 13.2 Å². The summed E-state index contributed by atoms with van der Waals surface area (Å²) < 4.78 is 10.2. The number of esters is 1. The highest BCUT2D eigenvalue weighted by Gasteiger charge is 2.03. The molecule has 0 heterocycles. The lowest BCUT2D eigenvalue weighted by Gasteiger charge is -2.07. The smallest absolute Gasteiger partial charge is 0.330 e. The summed E-state index contributed by atoms with van der Waals surface area (Å²) in [5, 5.41) is 9.04. The predicted octanol–water partition coefficient (Wildman–Crippen LogP) is 2.59. The van der Waals surface area contributed by atoms with Crippen molar-refractivity contribution in [3.63, 3.8) is 0 Å². The molecule has 4 heteroatoms. The molecule has 0 radical (unpaired) electrons. The van der Waals surface area contributed by atoms with Gasteiger partial charge in [-0.3, -0.25) is 0 Å². The molecule has 0 amide bonds. The number of carbonyl (C=O) groups is 1. The highest BCUT2D eigenvalue weighted by molar-refractivity contribution is 5.87. The van der Waals surface area contributed by atoms with Crippen LogP contribution in [-0.2, 0) is 16.0 Å². The molecular formula is C16H22O4. The van der Waals surface area contributed by atoms with Crippen LogP contribution in [0, 0.1) is 0 Å². The average molecular weight is 278 g/mol. The summed E-state index contributed by atoms with van der Waals surface area (Å²) in [5.74, 6) is 0.363. The molecule has 0 aliphatic rings. The molecule has 4 nitrogen and oxygen atoms in total. The van der Waals surface area contributed by atoms with Gasteiger partial charge in [0, 0.05) is 12.7 Å². The number of unbranched alkanes of at least 4 members (excludes halogenated alkanes) is 1. The molecule has 0 saturated carbocycles. The molecule has 0 atom stereocenters. The topological polar surface area (TPSA) is 55.8 Å². The first-order chi connectivity index (χ1) is 9.71. The molecule has 0 saturated heterocycles. The van der Waals surface area contributed by atoms with Crippen LogP contribution in [0.5, 0.6) is 5.75 Å². The highest BCUT2D eigenvalue weighted by Crippen LogP contribution is 2.19. The van der Waals surface area contributed by atoms with Crippen LogP contribution in [0.25, 0.3) is 6.08 Å². The maximum absolute atomic E-state index is 11.5. The molecule has 1 rings (SSSR count). The molecule has 0 aromatic heterocycles. The van der Waals surface area contributed by atoms with Crippen molar-refractivity contribution in [2.75, 3.05) is 20.3 Å². The van der Waals surface area contributed by atoms with Crippen molar-refractivity contribution in [1.82, 2.24) is 0 Å².